The van der Waals surface area contributed by atoms with Crippen LogP contribution in [0, 0.1) is 15.5 Å². The Morgan fingerprint density at radius 1 is 0.914 bits per heavy atom. The first kappa shape index (κ1) is 21.2. The number of carbonyl (C=O) groups excluding carboxylic acids is 3. The van der Waals surface area contributed by atoms with Crippen LogP contribution in [0.3, 0.4) is 0 Å². The van der Waals surface area contributed by atoms with Gasteiger partial charge < -0.3 is 4.90 Å². The maximum atomic E-state index is 14.2. The first-order valence-corrected chi connectivity index (χ1v) is 11.4. The molecule has 1 aliphatic carbocycles. The number of Topliss-reactive ketones (excluding diaryl/α,β-unsaturated/α-hetero) is 3. The van der Waals surface area contributed by atoms with Gasteiger partial charge in [-0.25, -0.2) is 0 Å². The SMILES string of the molecule is CC(=O)[C@@H]1[C@H](c2ccc([N+](=O)[O-])cc2)C2(C(=O)c3ccccc3C2=O)[C@@H]2C=Cc3ccccc3N12. The van der Waals surface area contributed by atoms with Gasteiger partial charge in [0.1, 0.15) is 5.41 Å². The predicted octanol–water partition coefficient (Wildman–Crippen LogP) is 4.62. The smallest absolute Gasteiger partial charge is 0.269 e. The quantitative estimate of drug-likeness (QED) is 0.319. The first-order chi connectivity index (χ1) is 16.9. The van der Waals surface area contributed by atoms with Gasteiger partial charge in [-0.2, -0.15) is 0 Å². The molecule has 0 N–H and O–H groups in total. The molecule has 6 rings (SSSR count). The van der Waals surface area contributed by atoms with E-state index in [1.54, 1.807) is 36.4 Å². The Hall–Kier alpha value is -4.39. The lowest BCUT2D eigenvalue weighted by Gasteiger charge is -2.37. The molecular weight excluding hydrogens is 444 g/mol. The molecule has 7 nitrogen and oxygen atoms in total. The number of hydrogen-bond acceptors (Lipinski definition) is 6. The minimum Gasteiger partial charge on any atom is -0.352 e. The van der Waals surface area contributed by atoms with E-state index in [4.69, 9.17) is 0 Å². The second-order valence-corrected chi connectivity index (χ2v) is 9.22. The number of carbonyl (C=O) groups is 3. The van der Waals surface area contributed by atoms with Crippen LogP contribution in [0.5, 0.6) is 0 Å². The van der Waals surface area contributed by atoms with Crippen molar-refractivity contribution in [3.8, 4) is 0 Å². The molecule has 1 saturated heterocycles. The minimum absolute atomic E-state index is 0.101. The Morgan fingerprint density at radius 2 is 1.51 bits per heavy atom. The van der Waals surface area contributed by atoms with Gasteiger partial charge in [-0.1, -0.05) is 66.7 Å². The summed E-state index contributed by atoms with van der Waals surface area (Å²) < 4.78 is 0. The van der Waals surface area contributed by atoms with Crippen LogP contribution in [-0.4, -0.2) is 34.4 Å². The predicted molar refractivity (Wildman–Crippen MR) is 130 cm³/mol. The van der Waals surface area contributed by atoms with Crippen molar-refractivity contribution in [2.24, 2.45) is 5.41 Å². The molecule has 7 heteroatoms. The van der Waals surface area contributed by atoms with E-state index in [9.17, 15) is 24.5 Å². The van der Waals surface area contributed by atoms with Crippen LogP contribution in [0.25, 0.3) is 6.08 Å². The van der Waals surface area contributed by atoms with E-state index in [0.29, 0.717) is 16.7 Å². The molecule has 3 aromatic carbocycles. The van der Waals surface area contributed by atoms with E-state index in [1.165, 1.54) is 19.1 Å². The Bertz CT molecular complexity index is 1440. The molecule has 1 spiro atoms. The highest BCUT2D eigenvalue weighted by Crippen LogP contribution is 2.60. The minimum atomic E-state index is -1.57. The zero-order chi connectivity index (χ0) is 24.5. The average molecular weight is 464 g/mol. The van der Waals surface area contributed by atoms with Crippen LogP contribution in [0.1, 0.15) is 44.7 Å². The van der Waals surface area contributed by atoms with Gasteiger partial charge in [0.15, 0.2) is 17.3 Å². The molecule has 0 radical (unpaired) electrons. The Kier molecular flexibility index (Phi) is 4.42. The summed E-state index contributed by atoms with van der Waals surface area (Å²) in [5.41, 5.74) is 1.24. The highest BCUT2D eigenvalue weighted by Gasteiger charge is 2.71. The molecular formula is C28H20N2O5. The van der Waals surface area contributed by atoms with Crippen LogP contribution in [0.2, 0.25) is 0 Å². The van der Waals surface area contributed by atoms with Crippen molar-refractivity contribution in [3.63, 3.8) is 0 Å². The van der Waals surface area contributed by atoms with Crippen LogP contribution in [-0.2, 0) is 4.79 Å². The summed E-state index contributed by atoms with van der Waals surface area (Å²) in [6.45, 7) is 1.47. The number of hydrogen-bond donors (Lipinski definition) is 0. The van der Waals surface area contributed by atoms with Crippen molar-refractivity contribution < 1.29 is 19.3 Å². The zero-order valence-corrected chi connectivity index (χ0v) is 18.8. The van der Waals surface area contributed by atoms with Crippen LogP contribution >= 0.6 is 0 Å². The Labute approximate surface area is 200 Å². The van der Waals surface area contributed by atoms with Gasteiger partial charge in [0, 0.05) is 34.9 Å². The molecule has 3 aliphatic rings. The number of nitro benzene ring substituents is 1. The topological polar surface area (TPSA) is 97.6 Å². The highest BCUT2D eigenvalue weighted by atomic mass is 16.6. The molecule has 0 unspecified atom stereocenters. The van der Waals surface area contributed by atoms with Crippen molar-refractivity contribution in [2.45, 2.75) is 24.9 Å². The monoisotopic (exact) mass is 464 g/mol. The fourth-order valence-electron chi connectivity index (χ4n) is 6.25. The summed E-state index contributed by atoms with van der Waals surface area (Å²) in [6, 6.07) is 18.7. The third-order valence-electron chi connectivity index (χ3n) is 7.59. The van der Waals surface area contributed by atoms with E-state index in [0.717, 1.165) is 11.3 Å². The van der Waals surface area contributed by atoms with Gasteiger partial charge in [0.25, 0.3) is 5.69 Å². The fraction of sp³-hybridized carbons (Fsp3) is 0.179. The van der Waals surface area contributed by atoms with Crippen LogP contribution in [0.4, 0.5) is 11.4 Å². The zero-order valence-electron chi connectivity index (χ0n) is 18.8. The van der Waals surface area contributed by atoms with Crippen molar-refractivity contribution in [3.05, 3.63) is 111 Å². The van der Waals surface area contributed by atoms with Gasteiger partial charge in [-0.3, -0.25) is 24.5 Å². The van der Waals surface area contributed by atoms with Crippen LogP contribution < -0.4 is 4.90 Å². The molecule has 0 bridgehead atoms. The number of nitro groups is 1. The van der Waals surface area contributed by atoms with Crippen molar-refractivity contribution in [1.29, 1.82) is 0 Å². The van der Waals surface area contributed by atoms with Gasteiger partial charge in [-0.15, -0.1) is 0 Å². The Balaban J connectivity index is 1.66. The fourth-order valence-corrected chi connectivity index (χ4v) is 6.25. The Morgan fingerprint density at radius 3 is 2.11 bits per heavy atom. The van der Waals surface area contributed by atoms with Crippen molar-refractivity contribution in [1.82, 2.24) is 0 Å². The largest absolute Gasteiger partial charge is 0.352 e. The van der Waals surface area contributed by atoms with Crippen molar-refractivity contribution >= 4 is 34.8 Å². The third-order valence-corrected chi connectivity index (χ3v) is 7.59. The molecule has 1 fully saturated rings. The van der Waals surface area contributed by atoms with E-state index >= 15 is 0 Å². The standard InChI is InChI=1S/C28H20N2O5/c1-16(31)25-24(18-10-13-19(14-11-18)30(34)35)28(26(32)20-7-3-4-8-21(20)27(28)33)23-15-12-17-6-2-5-9-22(17)29(23)25/h2-15,23-25H,1H3/t23-,24-,25+/m0/s1. The lowest BCUT2D eigenvalue weighted by molar-refractivity contribution is -0.384. The summed E-state index contributed by atoms with van der Waals surface area (Å²) in [4.78, 5) is 54.4. The number of nitrogens with zero attached hydrogens (tertiary/aromatic N) is 2. The molecule has 0 aromatic heterocycles. The number of non-ortho nitro benzene ring substituents is 1. The number of benzene rings is 3. The number of para-hydroxylation sites is 1. The van der Waals surface area contributed by atoms with Gasteiger partial charge in [0.2, 0.25) is 0 Å². The molecule has 3 atom stereocenters. The molecule has 0 saturated carbocycles. The first-order valence-electron chi connectivity index (χ1n) is 11.4. The maximum absolute atomic E-state index is 14.2. The number of rotatable bonds is 3. The average Bonchev–Trinajstić information content (AvgIpc) is 3.31. The molecule has 2 aliphatic heterocycles. The summed E-state index contributed by atoms with van der Waals surface area (Å²) in [6.07, 6.45) is 3.75. The highest BCUT2D eigenvalue weighted by molar-refractivity contribution is 6.32. The lowest BCUT2D eigenvalue weighted by Crippen LogP contribution is -2.48. The molecule has 35 heavy (non-hydrogen) atoms. The summed E-state index contributed by atoms with van der Waals surface area (Å²) >= 11 is 0. The third kappa shape index (κ3) is 2.63. The molecule has 0 amide bonds. The summed E-state index contributed by atoms with van der Waals surface area (Å²) in [5.74, 6) is -1.64. The number of fused-ring (bicyclic) bond motifs is 5. The number of anilines is 1. The van der Waals surface area contributed by atoms with Gasteiger partial charge in [0.05, 0.1) is 17.0 Å². The molecule has 2 heterocycles. The van der Waals surface area contributed by atoms with Gasteiger partial charge >= 0.3 is 0 Å². The molecule has 172 valence electrons. The lowest BCUT2D eigenvalue weighted by atomic mass is 9.64. The van der Waals surface area contributed by atoms with Crippen LogP contribution in [0.15, 0.2) is 78.9 Å². The second kappa shape index (κ2) is 7.30. The van der Waals surface area contributed by atoms with E-state index in [-0.39, 0.29) is 23.0 Å². The van der Waals surface area contributed by atoms with E-state index < -0.39 is 28.3 Å². The number of ketones is 3. The van der Waals surface area contributed by atoms with E-state index in [1.807, 2.05) is 41.3 Å². The normalized spacial score (nSPS) is 23.2. The van der Waals surface area contributed by atoms with E-state index in [2.05, 4.69) is 0 Å². The van der Waals surface area contributed by atoms with Gasteiger partial charge in [-0.05, 0) is 24.1 Å². The van der Waals surface area contributed by atoms with Crippen molar-refractivity contribution in [2.75, 3.05) is 4.90 Å². The summed E-state index contributed by atoms with van der Waals surface area (Å²) in [5, 5.41) is 11.3. The summed E-state index contributed by atoms with van der Waals surface area (Å²) in [7, 11) is 0. The molecule has 3 aromatic rings. The maximum Gasteiger partial charge on any atom is 0.269 e. The second-order valence-electron chi connectivity index (χ2n) is 9.22.